The lowest BCUT2D eigenvalue weighted by molar-refractivity contribution is 0.0937. The number of benzene rings is 1. The number of carbonyl (C=O) groups is 1. The fourth-order valence-electron chi connectivity index (χ4n) is 4.32. The molecular formula is C22H23N5O. The second-order valence-electron chi connectivity index (χ2n) is 7.71. The van der Waals surface area contributed by atoms with Crippen molar-refractivity contribution in [2.45, 2.75) is 51.5 Å². The van der Waals surface area contributed by atoms with E-state index < -0.39 is 0 Å². The van der Waals surface area contributed by atoms with Crippen LogP contribution in [-0.2, 0) is 12.8 Å². The molecule has 5 rings (SSSR count). The van der Waals surface area contributed by atoms with E-state index in [1.807, 2.05) is 19.2 Å². The van der Waals surface area contributed by atoms with E-state index in [2.05, 4.69) is 33.6 Å². The van der Waals surface area contributed by atoms with Gasteiger partial charge in [-0.05, 0) is 43.7 Å². The van der Waals surface area contributed by atoms with Crippen molar-refractivity contribution in [1.82, 2.24) is 25.1 Å². The second-order valence-corrected chi connectivity index (χ2v) is 7.71. The van der Waals surface area contributed by atoms with Crippen LogP contribution in [0.1, 0.15) is 52.9 Å². The van der Waals surface area contributed by atoms with E-state index in [-0.39, 0.29) is 11.9 Å². The average Bonchev–Trinajstić information content (AvgIpc) is 3.37. The molecule has 6 heteroatoms. The minimum Gasteiger partial charge on any atom is -0.349 e. The Kier molecular flexibility index (Phi) is 4.19. The molecule has 2 aliphatic rings. The molecule has 0 spiro atoms. The number of aromatic nitrogens is 4. The predicted octanol–water partition coefficient (Wildman–Crippen LogP) is 3.41. The van der Waals surface area contributed by atoms with E-state index in [9.17, 15) is 4.79 Å². The van der Waals surface area contributed by atoms with E-state index >= 15 is 0 Å². The summed E-state index contributed by atoms with van der Waals surface area (Å²) in [5.41, 5.74) is 5.96. The van der Waals surface area contributed by atoms with E-state index in [1.54, 1.807) is 10.9 Å². The van der Waals surface area contributed by atoms with Gasteiger partial charge < -0.3 is 5.32 Å². The molecule has 0 radical (unpaired) electrons. The molecule has 2 aromatic heterocycles. The van der Waals surface area contributed by atoms with E-state index in [0.29, 0.717) is 11.5 Å². The van der Waals surface area contributed by atoms with Crippen molar-refractivity contribution >= 4 is 5.91 Å². The van der Waals surface area contributed by atoms with Gasteiger partial charge in [-0.3, -0.25) is 4.79 Å². The Morgan fingerprint density at radius 2 is 1.89 bits per heavy atom. The van der Waals surface area contributed by atoms with Crippen LogP contribution in [0.2, 0.25) is 0 Å². The van der Waals surface area contributed by atoms with Gasteiger partial charge in [0.15, 0.2) is 0 Å². The van der Waals surface area contributed by atoms with Gasteiger partial charge in [-0.1, -0.05) is 37.1 Å². The van der Waals surface area contributed by atoms with Crippen molar-refractivity contribution in [3.8, 4) is 17.2 Å². The summed E-state index contributed by atoms with van der Waals surface area (Å²) < 4.78 is 1.67. The van der Waals surface area contributed by atoms with Gasteiger partial charge >= 0.3 is 0 Å². The van der Waals surface area contributed by atoms with Gasteiger partial charge in [0.25, 0.3) is 11.9 Å². The number of hydrogen-bond donors (Lipinski definition) is 1. The molecule has 1 aromatic carbocycles. The number of aryl methyl sites for hydroxylation is 2. The van der Waals surface area contributed by atoms with Gasteiger partial charge in [-0.15, -0.1) is 0 Å². The normalized spacial score (nSPS) is 15.9. The van der Waals surface area contributed by atoms with Crippen LogP contribution in [0.15, 0.2) is 36.7 Å². The third-order valence-electron chi connectivity index (χ3n) is 5.92. The molecule has 3 aromatic rings. The number of nitrogens with zero attached hydrogens (tertiary/aromatic N) is 4. The first-order valence-corrected chi connectivity index (χ1v) is 10.0. The van der Waals surface area contributed by atoms with Gasteiger partial charge in [0.2, 0.25) is 0 Å². The first-order chi connectivity index (χ1) is 13.7. The van der Waals surface area contributed by atoms with Crippen LogP contribution in [0.3, 0.4) is 0 Å². The molecule has 1 saturated carbocycles. The summed E-state index contributed by atoms with van der Waals surface area (Å²) in [5, 5.41) is 7.55. The minimum atomic E-state index is -0.0565. The van der Waals surface area contributed by atoms with Crippen molar-refractivity contribution < 1.29 is 4.79 Å². The molecular weight excluding hydrogens is 350 g/mol. The molecule has 6 nitrogen and oxygen atoms in total. The number of amides is 1. The van der Waals surface area contributed by atoms with Crippen LogP contribution in [0.5, 0.6) is 0 Å². The fraction of sp³-hybridized carbons (Fsp3) is 0.364. The van der Waals surface area contributed by atoms with Gasteiger partial charge in [0.05, 0.1) is 23.1 Å². The van der Waals surface area contributed by atoms with Gasteiger partial charge in [-0.25, -0.2) is 14.6 Å². The smallest absolute Gasteiger partial charge is 0.254 e. The maximum Gasteiger partial charge on any atom is 0.254 e. The van der Waals surface area contributed by atoms with Gasteiger partial charge in [-0.2, -0.15) is 5.10 Å². The van der Waals surface area contributed by atoms with Crippen LogP contribution >= 0.6 is 0 Å². The number of fused-ring (bicyclic) bond motifs is 3. The summed E-state index contributed by atoms with van der Waals surface area (Å²) in [6, 6.07) is 8.66. The standard InChI is InChI=1S/C22H23N5O/c1-14-19(21(28)25-17-7-3-4-8-17)13-24-27(14)22-23-12-16-11-10-15-6-2-5-9-18(15)20(16)26-22/h2,5-6,9,12-13,17H,3-4,7-8,10-11H2,1H3,(H,25,28). The van der Waals surface area contributed by atoms with E-state index in [4.69, 9.17) is 4.98 Å². The topological polar surface area (TPSA) is 72.7 Å². The first-order valence-electron chi connectivity index (χ1n) is 10.0. The van der Waals surface area contributed by atoms with Crippen molar-refractivity contribution in [3.05, 3.63) is 59.0 Å². The largest absolute Gasteiger partial charge is 0.349 e. The maximum atomic E-state index is 12.7. The molecule has 28 heavy (non-hydrogen) atoms. The summed E-state index contributed by atoms with van der Waals surface area (Å²) >= 11 is 0. The van der Waals surface area contributed by atoms with Crippen LogP contribution in [0.4, 0.5) is 0 Å². The summed E-state index contributed by atoms with van der Waals surface area (Å²) in [6.45, 7) is 1.90. The zero-order valence-corrected chi connectivity index (χ0v) is 16.0. The molecule has 0 aliphatic heterocycles. The Hall–Kier alpha value is -3.02. The zero-order valence-electron chi connectivity index (χ0n) is 16.0. The number of nitrogens with one attached hydrogen (secondary N) is 1. The molecule has 0 unspecified atom stereocenters. The lowest BCUT2D eigenvalue weighted by Gasteiger charge is -2.19. The quantitative estimate of drug-likeness (QED) is 0.764. The molecule has 1 amide bonds. The van der Waals surface area contributed by atoms with E-state index in [1.165, 1.54) is 18.4 Å². The molecule has 2 heterocycles. The monoisotopic (exact) mass is 373 g/mol. The molecule has 1 fully saturated rings. The Morgan fingerprint density at radius 3 is 2.75 bits per heavy atom. The maximum absolute atomic E-state index is 12.7. The third kappa shape index (κ3) is 2.89. The molecule has 2 aliphatic carbocycles. The highest BCUT2D eigenvalue weighted by molar-refractivity contribution is 5.95. The predicted molar refractivity (Wildman–Crippen MR) is 106 cm³/mol. The zero-order chi connectivity index (χ0) is 19.1. The number of rotatable bonds is 3. The SMILES string of the molecule is Cc1c(C(=O)NC2CCCC2)cnn1-c1ncc2c(n1)-c1ccccc1CC2. The summed E-state index contributed by atoms with van der Waals surface area (Å²) in [5.74, 6) is 0.451. The highest BCUT2D eigenvalue weighted by Gasteiger charge is 2.23. The number of hydrogen-bond acceptors (Lipinski definition) is 4. The molecule has 0 atom stereocenters. The van der Waals surface area contributed by atoms with Crippen LogP contribution in [-0.4, -0.2) is 31.7 Å². The van der Waals surface area contributed by atoms with Gasteiger partial charge in [0.1, 0.15) is 0 Å². The van der Waals surface area contributed by atoms with Crippen LogP contribution < -0.4 is 5.32 Å². The van der Waals surface area contributed by atoms with E-state index in [0.717, 1.165) is 48.2 Å². The van der Waals surface area contributed by atoms with Crippen molar-refractivity contribution in [3.63, 3.8) is 0 Å². The molecule has 1 N–H and O–H groups in total. The summed E-state index contributed by atoms with van der Waals surface area (Å²) in [4.78, 5) is 22.0. The summed E-state index contributed by atoms with van der Waals surface area (Å²) in [7, 11) is 0. The van der Waals surface area contributed by atoms with Gasteiger partial charge in [0, 0.05) is 17.8 Å². The summed E-state index contributed by atoms with van der Waals surface area (Å²) in [6.07, 6.45) is 9.97. The third-order valence-corrected chi connectivity index (χ3v) is 5.92. The van der Waals surface area contributed by atoms with Crippen LogP contribution in [0, 0.1) is 6.92 Å². The molecule has 0 bridgehead atoms. The highest BCUT2D eigenvalue weighted by atomic mass is 16.1. The second kappa shape index (κ2) is 6.86. The minimum absolute atomic E-state index is 0.0565. The Labute approximate surface area is 164 Å². The lowest BCUT2D eigenvalue weighted by Crippen LogP contribution is -2.32. The molecule has 142 valence electrons. The fourth-order valence-corrected chi connectivity index (χ4v) is 4.32. The Morgan fingerprint density at radius 1 is 1.11 bits per heavy atom. The Bertz CT molecular complexity index is 1050. The van der Waals surface area contributed by atoms with Crippen LogP contribution in [0.25, 0.3) is 17.2 Å². The Balaban J connectivity index is 1.48. The molecule has 0 saturated heterocycles. The number of carbonyl (C=O) groups excluding carboxylic acids is 1. The van der Waals surface area contributed by atoms with Crippen molar-refractivity contribution in [1.29, 1.82) is 0 Å². The average molecular weight is 373 g/mol. The van der Waals surface area contributed by atoms with Crippen molar-refractivity contribution in [2.24, 2.45) is 0 Å². The highest BCUT2D eigenvalue weighted by Crippen LogP contribution is 2.31. The lowest BCUT2D eigenvalue weighted by atomic mass is 9.90. The first kappa shape index (κ1) is 17.1. The van der Waals surface area contributed by atoms with Crippen molar-refractivity contribution in [2.75, 3.05) is 0 Å².